The van der Waals surface area contributed by atoms with Crippen molar-refractivity contribution in [2.75, 3.05) is 13.2 Å². The van der Waals surface area contributed by atoms with Gasteiger partial charge in [-0.25, -0.2) is 0 Å². The Morgan fingerprint density at radius 2 is 1.71 bits per heavy atom. The molecule has 0 aromatic rings. The van der Waals surface area contributed by atoms with Crippen LogP contribution in [-0.2, 0) is 11.6 Å². The first-order chi connectivity index (χ1) is 3.33. The summed E-state index contributed by atoms with van der Waals surface area (Å²) >= 11 is -0.750. The Hall–Kier alpha value is -0.260. The minimum atomic E-state index is -0.750. The lowest BCUT2D eigenvalue weighted by atomic mass is 10.8. The Labute approximate surface area is 44.9 Å². The van der Waals surface area contributed by atoms with Crippen LogP contribution in [0, 0.1) is 0 Å². The third-order valence-electron chi connectivity index (χ3n) is 0.129. The maximum Gasteiger partial charge on any atom is 0.335 e. The minimum Gasteiger partial charge on any atom is -0.395 e. The van der Waals surface area contributed by atoms with Crippen LogP contribution in [0.1, 0.15) is 0 Å². The SMILES string of the molecule is NCCO.O=S=O. The lowest BCUT2D eigenvalue weighted by Crippen LogP contribution is -2.02. The number of aliphatic hydroxyl groups excluding tert-OH is 1. The maximum atomic E-state index is 8.29. The highest BCUT2D eigenvalue weighted by atomic mass is 32.1. The van der Waals surface area contributed by atoms with Crippen LogP contribution >= 0.6 is 0 Å². The first-order valence-electron chi connectivity index (χ1n) is 1.56. The molecule has 0 aromatic carbocycles. The fourth-order valence-corrected chi connectivity index (χ4v) is 0. The van der Waals surface area contributed by atoms with Crippen molar-refractivity contribution in [3.8, 4) is 0 Å². The molecule has 0 aliphatic carbocycles. The van der Waals surface area contributed by atoms with E-state index >= 15 is 0 Å². The van der Waals surface area contributed by atoms with Crippen molar-refractivity contribution < 1.29 is 13.5 Å². The molecule has 0 rings (SSSR count). The van der Waals surface area contributed by atoms with Gasteiger partial charge in [0.2, 0.25) is 0 Å². The summed E-state index contributed by atoms with van der Waals surface area (Å²) < 4.78 is 16.6. The normalized spacial score (nSPS) is 6.00. The van der Waals surface area contributed by atoms with Crippen LogP contribution in [-0.4, -0.2) is 26.7 Å². The van der Waals surface area contributed by atoms with E-state index in [0.717, 1.165) is 0 Å². The monoisotopic (exact) mass is 125 g/mol. The molecule has 0 aliphatic rings. The van der Waals surface area contributed by atoms with Gasteiger partial charge in [-0.05, 0) is 0 Å². The van der Waals surface area contributed by atoms with Gasteiger partial charge in [0.1, 0.15) is 0 Å². The third-order valence-corrected chi connectivity index (χ3v) is 0.129. The number of hydrogen-bond acceptors (Lipinski definition) is 4. The summed E-state index contributed by atoms with van der Waals surface area (Å²) in [5, 5.41) is 7.75. The van der Waals surface area contributed by atoms with Crippen molar-refractivity contribution in [2.45, 2.75) is 0 Å². The minimum absolute atomic E-state index is 0.0972. The van der Waals surface area contributed by atoms with Crippen LogP contribution in [0.2, 0.25) is 0 Å². The molecule has 5 heteroatoms. The van der Waals surface area contributed by atoms with Crippen molar-refractivity contribution in [1.82, 2.24) is 0 Å². The first kappa shape index (κ1) is 9.88. The molecule has 0 unspecified atom stereocenters. The first-order valence-corrected chi connectivity index (χ1v) is 2.22. The van der Waals surface area contributed by atoms with Crippen LogP contribution in [0.4, 0.5) is 0 Å². The van der Waals surface area contributed by atoms with Crippen molar-refractivity contribution >= 4 is 11.6 Å². The zero-order valence-corrected chi connectivity index (χ0v) is 4.48. The molecule has 44 valence electrons. The van der Waals surface area contributed by atoms with E-state index in [0.29, 0.717) is 6.54 Å². The fraction of sp³-hybridized carbons (Fsp3) is 1.00. The van der Waals surface area contributed by atoms with Gasteiger partial charge in [0.05, 0.1) is 6.61 Å². The number of nitrogens with two attached hydrogens (primary N) is 1. The zero-order chi connectivity index (χ0) is 6.12. The molecule has 0 fully saturated rings. The van der Waals surface area contributed by atoms with Gasteiger partial charge in [-0.2, -0.15) is 8.42 Å². The van der Waals surface area contributed by atoms with Crippen molar-refractivity contribution in [1.29, 1.82) is 0 Å². The molecule has 0 amide bonds. The maximum absolute atomic E-state index is 8.29. The lowest BCUT2D eigenvalue weighted by Gasteiger charge is -1.71. The summed E-state index contributed by atoms with van der Waals surface area (Å²) in [6.45, 7) is 0.472. The smallest absolute Gasteiger partial charge is 0.335 e. The molecule has 0 saturated carbocycles. The molecule has 4 nitrogen and oxygen atoms in total. The van der Waals surface area contributed by atoms with Crippen LogP contribution in [0.5, 0.6) is 0 Å². The highest BCUT2D eigenvalue weighted by molar-refractivity contribution is 7.51. The van der Waals surface area contributed by atoms with E-state index in [1.165, 1.54) is 0 Å². The van der Waals surface area contributed by atoms with Gasteiger partial charge >= 0.3 is 11.6 Å². The van der Waals surface area contributed by atoms with Crippen molar-refractivity contribution in [2.24, 2.45) is 5.73 Å². The molecule has 0 saturated heterocycles. The number of hydrogen-bond donors (Lipinski definition) is 2. The Balaban J connectivity index is 0. The third kappa shape index (κ3) is 147. The van der Waals surface area contributed by atoms with Crippen LogP contribution in [0.25, 0.3) is 0 Å². The van der Waals surface area contributed by atoms with Gasteiger partial charge in [0, 0.05) is 6.54 Å². The topological polar surface area (TPSA) is 80.4 Å². The predicted molar refractivity (Wildman–Crippen MR) is 25.1 cm³/mol. The molecular formula is C2H7NO3S. The van der Waals surface area contributed by atoms with Crippen molar-refractivity contribution in [3.63, 3.8) is 0 Å². The average molecular weight is 125 g/mol. The van der Waals surface area contributed by atoms with Gasteiger partial charge in [-0.15, -0.1) is 0 Å². The Bertz CT molecular complexity index is 48.9. The Kier molecular flexibility index (Phi) is 24.3. The molecule has 7 heavy (non-hydrogen) atoms. The predicted octanol–water partition coefficient (Wildman–Crippen LogP) is -1.73. The lowest BCUT2D eigenvalue weighted by molar-refractivity contribution is 0.306. The number of aliphatic hydroxyl groups is 1. The van der Waals surface area contributed by atoms with E-state index in [1.807, 2.05) is 0 Å². The molecule has 0 heterocycles. The highest BCUT2D eigenvalue weighted by Crippen LogP contribution is 1.33. The van der Waals surface area contributed by atoms with E-state index in [1.54, 1.807) is 0 Å². The van der Waals surface area contributed by atoms with E-state index in [9.17, 15) is 0 Å². The fourth-order valence-electron chi connectivity index (χ4n) is 0. The van der Waals surface area contributed by atoms with E-state index in [2.05, 4.69) is 0 Å². The molecule has 3 N–H and O–H groups in total. The second-order valence-corrected chi connectivity index (χ2v) is 0.716. The summed E-state index contributed by atoms with van der Waals surface area (Å²) in [5.41, 5.74) is 4.78. The molecule has 0 spiro atoms. The second kappa shape index (κ2) is 17.2. The van der Waals surface area contributed by atoms with Crippen LogP contribution in [0.3, 0.4) is 0 Å². The molecular weight excluding hydrogens is 118 g/mol. The molecule has 0 bridgehead atoms. The molecule has 0 aliphatic heterocycles. The second-order valence-electron chi connectivity index (χ2n) is 0.580. The molecule has 0 radical (unpaired) electrons. The summed E-state index contributed by atoms with van der Waals surface area (Å²) in [4.78, 5) is 0. The van der Waals surface area contributed by atoms with Gasteiger partial charge in [-0.3, -0.25) is 0 Å². The van der Waals surface area contributed by atoms with Gasteiger partial charge in [0.25, 0.3) is 0 Å². The van der Waals surface area contributed by atoms with E-state index in [-0.39, 0.29) is 6.61 Å². The summed E-state index contributed by atoms with van der Waals surface area (Å²) in [7, 11) is 0. The largest absolute Gasteiger partial charge is 0.395 e. The van der Waals surface area contributed by atoms with E-state index < -0.39 is 11.6 Å². The average Bonchev–Trinajstić information content (AvgIpc) is 1.69. The summed E-state index contributed by atoms with van der Waals surface area (Å²) in [5.74, 6) is 0. The number of rotatable bonds is 1. The van der Waals surface area contributed by atoms with Gasteiger partial charge < -0.3 is 10.8 Å². The van der Waals surface area contributed by atoms with E-state index in [4.69, 9.17) is 19.3 Å². The van der Waals surface area contributed by atoms with Crippen LogP contribution < -0.4 is 5.73 Å². The zero-order valence-electron chi connectivity index (χ0n) is 3.66. The Morgan fingerprint density at radius 3 is 1.71 bits per heavy atom. The Morgan fingerprint density at radius 1 is 1.57 bits per heavy atom. The van der Waals surface area contributed by atoms with Crippen molar-refractivity contribution in [3.05, 3.63) is 0 Å². The van der Waals surface area contributed by atoms with Gasteiger partial charge in [0.15, 0.2) is 0 Å². The molecule has 0 aromatic heterocycles. The van der Waals surface area contributed by atoms with Gasteiger partial charge in [-0.1, -0.05) is 0 Å². The quantitative estimate of drug-likeness (QED) is 0.436. The summed E-state index contributed by atoms with van der Waals surface area (Å²) in [6.07, 6.45) is 0. The summed E-state index contributed by atoms with van der Waals surface area (Å²) in [6, 6.07) is 0. The van der Waals surface area contributed by atoms with Crippen LogP contribution in [0.15, 0.2) is 0 Å². The molecule has 0 atom stereocenters. The standard InChI is InChI=1S/C2H7NO.O2S/c3-1-2-4;1-3-2/h4H,1-3H2;. The highest BCUT2D eigenvalue weighted by Gasteiger charge is 1.56.